The number of aliphatic carboxylic acids is 1. The summed E-state index contributed by atoms with van der Waals surface area (Å²) in [6, 6.07) is 12.3. The molecule has 2 aliphatic rings. The minimum atomic E-state index is -0.706. The second-order valence-corrected chi connectivity index (χ2v) is 10.9. The molecule has 9 heteroatoms. The Morgan fingerprint density at radius 3 is 2.70 bits per heavy atom. The van der Waals surface area contributed by atoms with Gasteiger partial charge in [-0.1, -0.05) is 35.9 Å². The van der Waals surface area contributed by atoms with Gasteiger partial charge in [0.2, 0.25) is 0 Å². The third-order valence-corrected chi connectivity index (χ3v) is 8.34. The van der Waals surface area contributed by atoms with Crippen LogP contribution in [0.5, 0.6) is 5.75 Å². The molecule has 0 amide bonds. The average Bonchev–Trinajstić information content (AvgIpc) is 3.40. The van der Waals surface area contributed by atoms with Gasteiger partial charge in [0.05, 0.1) is 29.8 Å². The molecule has 5 rings (SSSR count). The quantitative estimate of drug-likeness (QED) is 0.404. The largest absolute Gasteiger partial charge is 0.487 e. The fraction of sp³-hybridized carbons (Fsp3) is 0.429. The zero-order valence-electron chi connectivity index (χ0n) is 21.0. The number of thiazole rings is 1. The maximum atomic E-state index is 11.3. The van der Waals surface area contributed by atoms with Crippen LogP contribution < -0.4 is 9.64 Å². The molecule has 37 heavy (non-hydrogen) atoms. The number of aromatic nitrogens is 1. The van der Waals surface area contributed by atoms with Crippen molar-refractivity contribution in [1.82, 2.24) is 9.88 Å². The maximum Gasteiger partial charge on any atom is 0.306 e. The van der Waals surface area contributed by atoms with Crippen LogP contribution in [0.1, 0.15) is 29.5 Å². The zero-order chi connectivity index (χ0) is 25.8. The summed E-state index contributed by atoms with van der Waals surface area (Å²) >= 11 is 8.15. The van der Waals surface area contributed by atoms with E-state index in [1.54, 1.807) is 11.3 Å². The van der Waals surface area contributed by atoms with Gasteiger partial charge in [-0.15, -0.1) is 11.3 Å². The number of ether oxygens (including phenoxy) is 2. The highest BCUT2D eigenvalue weighted by molar-refractivity contribution is 7.14. The average molecular weight is 542 g/mol. The summed E-state index contributed by atoms with van der Waals surface area (Å²) in [6.45, 7) is 8.41. The summed E-state index contributed by atoms with van der Waals surface area (Å²) in [7, 11) is 0. The molecule has 3 heterocycles. The Kier molecular flexibility index (Phi) is 8.30. The number of aryl methyl sites for hydroxylation is 1. The minimum absolute atomic E-state index is 0.263. The SMILES string of the molecule is Cc1cc(CN2CCOCC2)ccc1COc1c(Cl)cccc1-c1csc(N2CCC(C(=O)O)CC2)n1. The molecule has 2 fully saturated rings. The lowest BCUT2D eigenvalue weighted by Gasteiger charge is -2.29. The standard InChI is InChI=1S/C28H32ClN3O4S/c1-19-15-20(16-31-11-13-35-14-12-31)5-6-22(19)17-36-26-23(3-2-4-24(26)29)25-18-37-28(30-25)32-9-7-21(8-10-32)27(33)34/h2-6,15,18,21H,7-14,16-17H2,1H3,(H,33,34). The molecule has 7 nitrogen and oxygen atoms in total. The van der Waals surface area contributed by atoms with Crippen molar-refractivity contribution in [3.05, 3.63) is 63.5 Å². The van der Waals surface area contributed by atoms with Crippen molar-refractivity contribution in [3.8, 4) is 17.0 Å². The Morgan fingerprint density at radius 2 is 1.97 bits per heavy atom. The molecule has 196 valence electrons. The smallest absolute Gasteiger partial charge is 0.306 e. The number of hydrogen-bond acceptors (Lipinski definition) is 7. The number of para-hydroxylation sites is 1. The van der Waals surface area contributed by atoms with Crippen molar-refractivity contribution in [2.45, 2.75) is 32.9 Å². The first-order chi connectivity index (χ1) is 18.0. The van der Waals surface area contributed by atoms with Gasteiger partial charge in [-0.25, -0.2) is 4.98 Å². The molecule has 0 unspecified atom stereocenters. The number of anilines is 1. The monoisotopic (exact) mass is 541 g/mol. The molecule has 2 aliphatic heterocycles. The first-order valence-electron chi connectivity index (χ1n) is 12.7. The number of halogens is 1. The molecule has 3 aromatic rings. The van der Waals surface area contributed by atoms with Crippen LogP contribution in [-0.4, -0.2) is 60.4 Å². The molecule has 2 saturated heterocycles. The molecule has 1 aromatic heterocycles. The van der Waals surface area contributed by atoms with Crippen molar-refractivity contribution >= 4 is 34.0 Å². The molecule has 0 radical (unpaired) electrons. The molecule has 2 aromatic carbocycles. The Labute approximate surface area is 226 Å². The maximum absolute atomic E-state index is 11.3. The Morgan fingerprint density at radius 1 is 1.19 bits per heavy atom. The van der Waals surface area contributed by atoms with Gasteiger partial charge in [0.1, 0.15) is 12.4 Å². The fourth-order valence-corrected chi connectivity index (χ4v) is 6.00. The first kappa shape index (κ1) is 26.0. The van der Waals surface area contributed by atoms with Gasteiger partial charge < -0.3 is 19.5 Å². The highest BCUT2D eigenvalue weighted by Crippen LogP contribution is 2.39. The zero-order valence-corrected chi connectivity index (χ0v) is 22.6. The Bertz CT molecular complexity index is 1240. The normalized spacial score (nSPS) is 17.2. The molecule has 0 spiro atoms. The summed E-state index contributed by atoms with van der Waals surface area (Å²) in [5.41, 5.74) is 5.29. The molecular weight excluding hydrogens is 510 g/mol. The van der Waals surface area contributed by atoms with E-state index in [0.29, 0.717) is 43.3 Å². The Balaban J connectivity index is 1.27. The topological polar surface area (TPSA) is 75.1 Å². The summed E-state index contributed by atoms with van der Waals surface area (Å²) in [4.78, 5) is 20.7. The van der Waals surface area contributed by atoms with E-state index in [1.165, 1.54) is 11.1 Å². The molecule has 0 aliphatic carbocycles. The van der Waals surface area contributed by atoms with Gasteiger partial charge in [-0.2, -0.15) is 0 Å². The highest BCUT2D eigenvalue weighted by atomic mass is 35.5. The lowest BCUT2D eigenvalue weighted by atomic mass is 9.97. The summed E-state index contributed by atoms with van der Waals surface area (Å²) in [6.07, 6.45) is 1.28. The van der Waals surface area contributed by atoms with E-state index in [1.807, 2.05) is 23.6 Å². The second-order valence-electron chi connectivity index (χ2n) is 9.67. The van der Waals surface area contributed by atoms with Crippen LogP contribution in [0.25, 0.3) is 11.3 Å². The van der Waals surface area contributed by atoms with Gasteiger partial charge in [0, 0.05) is 43.7 Å². The van der Waals surface area contributed by atoms with Crippen LogP contribution in [0.15, 0.2) is 41.8 Å². The van der Waals surface area contributed by atoms with Gasteiger partial charge >= 0.3 is 5.97 Å². The van der Waals surface area contributed by atoms with E-state index >= 15 is 0 Å². The van der Waals surface area contributed by atoms with Crippen LogP contribution in [0.2, 0.25) is 5.02 Å². The third-order valence-electron chi connectivity index (χ3n) is 7.14. The summed E-state index contributed by atoms with van der Waals surface area (Å²) in [5.74, 6) is -0.343. The van der Waals surface area contributed by atoms with E-state index in [0.717, 1.165) is 54.8 Å². The number of carbonyl (C=O) groups is 1. The number of carboxylic acids is 1. The van der Waals surface area contributed by atoms with E-state index < -0.39 is 5.97 Å². The van der Waals surface area contributed by atoms with Crippen LogP contribution in [0, 0.1) is 12.8 Å². The van der Waals surface area contributed by atoms with Gasteiger partial charge in [0.15, 0.2) is 5.13 Å². The number of nitrogens with zero attached hydrogens (tertiary/aromatic N) is 3. The number of piperidine rings is 1. The van der Waals surface area contributed by atoms with E-state index in [-0.39, 0.29) is 5.92 Å². The predicted molar refractivity (Wildman–Crippen MR) is 147 cm³/mol. The Hall–Kier alpha value is -2.65. The summed E-state index contributed by atoms with van der Waals surface area (Å²) in [5, 5.41) is 12.7. The first-order valence-corrected chi connectivity index (χ1v) is 14.0. The van der Waals surface area contributed by atoms with Gasteiger partial charge in [0.25, 0.3) is 0 Å². The second kappa shape index (κ2) is 11.8. The van der Waals surface area contributed by atoms with Crippen molar-refractivity contribution < 1.29 is 19.4 Å². The van der Waals surface area contributed by atoms with Crippen LogP contribution in [0.3, 0.4) is 0 Å². The van der Waals surface area contributed by atoms with Crippen LogP contribution >= 0.6 is 22.9 Å². The number of hydrogen-bond donors (Lipinski definition) is 1. The molecule has 0 saturated carbocycles. The number of benzene rings is 2. The van der Waals surface area contributed by atoms with Crippen molar-refractivity contribution in [3.63, 3.8) is 0 Å². The molecule has 1 N–H and O–H groups in total. The van der Waals surface area contributed by atoms with E-state index in [4.69, 9.17) is 26.1 Å². The number of morpholine rings is 1. The minimum Gasteiger partial charge on any atom is -0.487 e. The number of rotatable bonds is 8. The van der Waals surface area contributed by atoms with Crippen LogP contribution in [-0.2, 0) is 22.7 Å². The predicted octanol–water partition coefficient (Wildman–Crippen LogP) is 5.48. The van der Waals surface area contributed by atoms with Crippen LogP contribution in [0.4, 0.5) is 5.13 Å². The van der Waals surface area contributed by atoms with Gasteiger partial charge in [-0.05, 0) is 48.6 Å². The number of carboxylic acid groups (broad SMARTS) is 1. The molecular formula is C28H32ClN3O4S. The fourth-order valence-electron chi connectivity index (χ4n) is 4.89. The molecule has 0 bridgehead atoms. The van der Waals surface area contributed by atoms with E-state index in [9.17, 15) is 9.90 Å². The van der Waals surface area contributed by atoms with Crippen molar-refractivity contribution in [1.29, 1.82) is 0 Å². The van der Waals surface area contributed by atoms with E-state index in [2.05, 4.69) is 34.9 Å². The van der Waals surface area contributed by atoms with Crippen molar-refractivity contribution in [2.75, 3.05) is 44.3 Å². The molecule has 0 atom stereocenters. The van der Waals surface area contributed by atoms with Gasteiger partial charge in [-0.3, -0.25) is 9.69 Å². The lowest BCUT2D eigenvalue weighted by molar-refractivity contribution is -0.142. The lowest BCUT2D eigenvalue weighted by Crippen LogP contribution is -2.36. The highest BCUT2D eigenvalue weighted by Gasteiger charge is 2.26. The van der Waals surface area contributed by atoms with Crippen molar-refractivity contribution in [2.24, 2.45) is 5.92 Å². The third kappa shape index (κ3) is 6.26. The summed E-state index contributed by atoms with van der Waals surface area (Å²) < 4.78 is 11.8.